The number of aromatic nitrogens is 1. The number of carbonyl (C=O) groups is 2. The predicted octanol–water partition coefficient (Wildman–Crippen LogP) is 1.58. The van der Waals surface area contributed by atoms with Crippen LogP contribution in [0.15, 0.2) is 36.5 Å². The molecule has 130 valence electrons. The van der Waals surface area contributed by atoms with Gasteiger partial charge in [-0.1, -0.05) is 24.0 Å². The van der Waals surface area contributed by atoms with Crippen LogP contribution < -0.4 is 10.1 Å². The zero-order valence-electron chi connectivity index (χ0n) is 13.4. The van der Waals surface area contributed by atoms with E-state index < -0.39 is 24.2 Å². The SMILES string of the molecule is [C-]#[N+]c1cccc(OCC#Cc2cnc(C(=O)NCC(=O)O)c(O)c2)c1. The summed E-state index contributed by atoms with van der Waals surface area (Å²) >= 11 is 0. The van der Waals surface area contributed by atoms with Gasteiger partial charge < -0.3 is 20.3 Å². The molecule has 26 heavy (non-hydrogen) atoms. The van der Waals surface area contributed by atoms with Gasteiger partial charge >= 0.3 is 5.97 Å². The number of amides is 1. The van der Waals surface area contributed by atoms with Crippen molar-refractivity contribution in [1.82, 2.24) is 10.3 Å². The van der Waals surface area contributed by atoms with Crippen LogP contribution in [-0.2, 0) is 4.79 Å². The summed E-state index contributed by atoms with van der Waals surface area (Å²) in [5.74, 6) is 3.54. The number of rotatable bonds is 5. The minimum absolute atomic E-state index is 0.0586. The maximum Gasteiger partial charge on any atom is 0.322 e. The Morgan fingerprint density at radius 3 is 2.85 bits per heavy atom. The van der Waals surface area contributed by atoms with E-state index in [0.717, 1.165) is 0 Å². The van der Waals surface area contributed by atoms with Gasteiger partial charge in [0.2, 0.25) is 0 Å². The third-order valence-corrected chi connectivity index (χ3v) is 2.97. The van der Waals surface area contributed by atoms with Crippen molar-refractivity contribution < 1.29 is 24.5 Å². The van der Waals surface area contributed by atoms with Gasteiger partial charge in [-0.25, -0.2) is 9.83 Å². The van der Waals surface area contributed by atoms with Crippen molar-refractivity contribution in [3.05, 3.63) is 59.2 Å². The molecule has 1 heterocycles. The Balaban J connectivity index is 1.97. The largest absolute Gasteiger partial charge is 0.505 e. The van der Waals surface area contributed by atoms with E-state index in [1.807, 2.05) is 0 Å². The number of benzene rings is 1. The number of hydrogen-bond donors (Lipinski definition) is 3. The second-order valence-electron chi connectivity index (χ2n) is 4.87. The first-order valence-corrected chi connectivity index (χ1v) is 7.28. The fraction of sp³-hybridized carbons (Fsp3) is 0.111. The molecular weight excluding hydrogens is 338 g/mol. The van der Waals surface area contributed by atoms with Gasteiger partial charge in [0.15, 0.2) is 11.4 Å². The van der Waals surface area contributed by atoms with Gasteiger partial charge in [-0.2, -0.15) is 0 Å². The van der Waals surface area contributed by atoms with Crippen LogP contribution in [0.5, 0.6) is 11.5 Å². The van der Waals surface area contributed by atoms with E-state index in [0.29, 0.717) is 17.0 Å². The summed E-state index contributed by atoms with van der Waals surface area (Å²) in [6.07, 6.45) is 1.28. The highest BCUT2D eigenvalue weighted by molar-refractivity contribution is 5.96. The summed E-state index contributed by atoms with van der Waals surface area (Å²) < 4.78 is 5.40. The summed E-state index contributed by atoms with van der Waals surface area (Å²) in [4.78, 5) is 29.2. The Kier molecular flexibility index (Phi) is 6.13. The summed E-state index contributed by atoms with van der Waals surface area (Å²) in [6.45, 7) is 6.42. The van der Waals surface area contributed by atoms with Gasteiger partial charge in [-0.15, -0.1) is 0 Å². The molecule has 0 saturated carbocycles. The number of carboxylic acids is 1. The summed E-state index contributed by atoms with van der Waals surface area (Å²) in [5.41, 5.74) is 0.529. The fourth-order valence-corrected chi connectivity index (χ4v) is 1.84. The van der Waals surface area contributed by atoms with Gasteiger partial charge in [0.05, 0.1) is 6.57 Å². The first-order valence-electron chi connectivity index (χ1n) is 7.28. The number of hydrogen-bond acceptors (Lipinski definition) is 5. The third kappa shape index (κ3) is 5.25. The van der Waals surface area contributed by atoms with Gasteiger partial charge in [-0.05, 0) is 18.2 Å². The average Bonchev–Trinajstić information content (AvgIpc) is 2.63. The highest BCUT2D eigenvalue weighted by Crippen LogP contribution is 2.19. The summed E-state index contributed by atoms with van der Waals surface area (Å²) in [6, 6.07) is 7.90. The van der Waals surface area contributed by atoms with E-state index in [2.05, 4.69) is 27.0 Å². The minimum Gasteiger partial charge on any atom is -0.505 e. The third-order valence-electron chi connectivity index (χ3n) is 2.97. The predicted molar refractivity (Wildman–Crippen MR) is 90.9 cm³/mol. The topological polar surface area (TPSA) is 113 Å². The number of pyridine rings is 1. The average molecular weight is 351 g/mol. The first-order chi connectivity index (χ1) is 12.5. The molecule has 0 radical (unpaired) electrons. The summed E-state index contributed by atoms with van der Waals surface area (Å²) in [5, 5.41) is 20.4. The molecule has 8 nitrogen and oxygen atoms in total. The molecule has 0 aliphatic rings. The molecule has 1 aromatic heterocycles. The zero-order valence-corrected chi connectivity index (χ0v) is 13.4. The van der Waals surface area contributed by atoms with Gasteiger partial charge in [0.1, 0.15) is 24.7 Å². The fourth-order valence-electron chi connectivity index (χ4n) is 1.84. The van der Waals surface area contributed by atoms with Crippen molar-refractivity contribution in [2.24, 2.45) is 0 Å². The monoisotopic (exact) mass is 351 g/mol. The number of carboxylic acid groups (broad SMARTS) is 1. The van der Waals surface area contributed by atoms with E-state index in [9.17, 15) is 14.7 Å². The van der Waals surface area contributed by atoms with Crippen molar-refractivity contribution >= 4 is 17.6 Å². The van der Waals surface area contributed by atoms with Crippen molar-refractivity contribution in [2.75, 3.05) is 13.2 Å². The molecule has 2 rings (SSSR count). The molecule has 0 aliphatic heterocycles. The lowest BCUT2D eigenvalue weighted by atomic mass is 10.2. The Morgan fingerprint density at radius 1 is 1.35 bits per heavy atom. The van der Waals surface area contributed by atoms with Crippen molar-refractivity contribution in [2.45, 2.75) is 0 Å². The van der Waals surface area contributed by atoms with Crippen molar-refractivity contribution in [3.8, 4) is 23.3 Å². The van der Waals surface area contributed by atoms with Crippen LogP contribution in [0.25, 0.3) is 4.85 Å². The van der Waals surface area contributed by atoms with Crippen LogP contribution in [0.3, 0.4) is 0 Å². The van der Waals surface area contributed by atoms with Crippen LogP contribution in [0.1, 0.15) is 16.1 Å². The Bertz CT molecular complexity index is 938. The van der Waals surface area contributed by atoms with E-state index >= 15 is 0 Å². The lowest BCUT2D eigenvalue weighted by molar-refractivity contribution is -0.135. The number of nitrogens with zero attached hydrogens (tertiary/aromatic N) is 2. The van der Waals surface area contributed by atoms with Gasteiger partial charge in [0, 0.05) is 11.8 Å². The van der Waals surface area contributed by atoms with E-state index in [1.54, 1.807) is 24.3 Å². The Hall–Kier alpha value is -4.04. The van der Waals surface area contributed by atoms with Crippen LogP contribution in [0.2, 0.25) is 0 Å². The molecule has 0 aliphatic carbocycles. The first kappa shape index (κ1) is 18.3. The number of ether oxygens (including phenoxy) is 1. The lowest BCUT2D eigenvalue weighted by Gasteiger charge is -2.04. The molecular formula is C18H13N3O5. The molecule has 3 N–H and O–H groups in total. The second kappa shape index (κ2) is 8.71. The molecule has 0 bridgehead atoms. The zero-order chi connectivity index (χ0) is 18.9. The van der Waals surface area contributed by atoms with Crippen molar-refractivity contribution in [3.63, 3.8) is 0 Å². The smallest absolute Gasteiger partial charge is 0.322 e. The van der Waals surface area contributed by atoms with Crippen LogP contribution in [0.4, 0.5) is 5.69 Å². The molecule has 2 aromatic rings. The quantitative estimate of drug-likeness (QED) is 0.557. The maximum atomic E-state index is 11.7. The molecule has 1 amide bonds. The standard InChI is InChI=1S/C18H13N3O5/c1-19-13-5-2-6-14(9-13)26-7-3-4-12-8-15(22)17(20-10-12)18(25)21-11-16(23)24/h2,5-6,8-10,22H,7,11H2,(H,21,25)(H,23,24). The van der Waals surface area contributed by atoms with Crippen molar-refractivity contribution in [1.29, 1.82) is 0 Å². The normalized spacial score (nSPS) is 9.35. The van der Waals surface area contributed by atoms with E-state index in [-0.39, 0.29) is 12.3 Å². The van der Waals surface area contributed by atoms with E-state index in [1.165, 1.54) is 12.3 Å². The van der Waals surface area contributed by atoms with Crippen LogP contribution in [0, 0.1) is 18.4 Å². The molecule has 8 heteroatoms. The molecule has 0 atom stereocenters. The Labute approximate surface area is 148 Å². The Morgan fingerprint density at radius 2 is 2.15 bits per heavy atom. The second-order valence-corrected chi connectivity index (χ2v) is 4.87. The van der Waals surface area contributed by atoms with Gasteiger partial charge in [-0.3, -0.25) is 9.59 Å². The van der Waals surface area contributed by atoms with Crippen LogP contribution in [-0.4, -0.2) is 40.2 Å². The highest BCUT2D eigenvalue weighted by atomic mass is 16.5. The van der Waals surface area contributed by atoms with Crippen LogP contribution >= 0.6 is 0 Å². The van der Waals surface area contributed by atoms with E-state index in [4.69, 9.17) is 16.4 Å². The maximum absolute atomic E-state index is 11.7. The number of aromatic hydroxyl groups is 1. The van der Waals surface area contributed by atoms with Gasteiger partial charge in [0.25, 0.3) is 5.91 Å². The lowest BCUT2D eigenvalue weighted by Crippen LogP contribution is -2.29. The number of carbonyl (C=O) groups excluding carboxylic acids is 1. The minimum atomic E-state index is -1.21. The highest BCUT2D eigenvalue weighted by Gasteiger charge is 2.13. The number of aliphatic carboxylic acids is 1. The molecule has 0 fully saturated rings. The summed E-state index contributed by atoms with van der Waals surface area (Å²) in [7, 11) is 0. The number of nitrogens with one attached hydrogen (secondary N) is 1. The molecule has 1 aromatic carbocycles. The molecule has 0 saturated heterocycles. The molecule has 0 unspecified atom stereocenters. The molecule has 0 spiro atoms.